The smallest absolute Gasteiger partial charge is 0.150 e. The van der Waals surface area contributed by atoms with Crippen LogP contribution in [-0.4, -0.2) is 36.5 Å². The first-order valence-electron chi connectivity index (χ1n) is 6.20. The van der Waals surface area contributed by atoms with Crippen molar-refractivity contribution in [3.8, 4) is 0 Å². The molecule has 0 saturated heterocycles. The molecule has 0 aliphatic rings. The number of ether oxygens (including phenoxy) is 1. The predicted molar refractivity (Wildman–Crippen MR) is 74.3 cm³/mol. The fourth-order valence-electron chi connectivity index (χ4n) is 1.35. The standard InChI is InChI=1S/C14H20O3S/c1-2-3-8-17-10-13(16)11-18-14-6-4-12(9-15)5-7-14/h4-7,9,13,16H,2-3,8,10-11H2,1H3. The van der Waals surface area contributed by atoms with E-state index in [9.17, 15) is 9.90 Å². The second-order valence-corrected chi connectivity index (χ2v) is 5.17. The van der Waals surface area contributed by atoms with Gasteiger partial charge in [0.25, 0.3) is 0 Å². The molecule has 1 rings (SSSR count). The maximum Gasteiger partial charge on any atom is 0.150 e. The Morgan fingerprint density at radius 2 is 2.11 bits per heavy atom. The third-order valence-electron chi connectivity index (χ3n) is 2.41. The normalized spacial score (nSPS) is 12.3. The summed E-state index contributed by atoms with van der Waals surface area (Å²) in [6, 6.07) is 7.33. The van der Waals surface area contributed by atoms with E-state index in [0.29, 0.717) is 24.5 Å². The SMILES string of the molecule is CCCCOCC(O)CSc1ccc(C=O)cc1. The molecule has 1 atom stereocenters. The number of aliphatic hydroxyl groups excluding tert-OH is 1. The van der Waals surface area contributed by atoms with Crippen LogP contribution in [0.1, 0.15) is 30.1 Å². The molecule has 0 fully saturated rings. The van der Waals surface area contributed by atoms with Gasteiger partial charge in [0.2, 0.25) is 0 Å². The number of thioether (sulfide) groups is 1. The molecule has 0 aliphatic heterocycles. The van der Waals surface area contributed by atoms with E-state index in [-0.39, 0.29) is 0 Å². The molecule has 0 aromatic heterocycles. The van der Waals surface area contributed by atoms with Crippen molar-refractivity contribution in [2.75, 3.05) is 19.0 Å². The van der Waals surface area contributed by atoms with Gasteiger partial charge in [-0.25, -0.2) is 0 Å². The zero-order valence-electron chi connectivity index (χ0n) is 10.7. The van der Waals surface area contributed by atoms with Gasteiger partial charge in [0, 0.05) is 22.8 Å². The van der Waals surface area contributed by atoms with Crippen molar-refractivity contribution in [3.63, 3.8) is 0 Å². The van der Waals surface area contributed by atoms with Crippen LogP contribution in [0.15, 0.2) is 29.2 Å². The highest BCUT2D eigenvalue weighted by molar-refractivity contribution is 7.99. The molecule has 0 amide bonds. The first kappa shape index (κ1) is 15.2. The van der Waals surface area contributed by atoms with Gasteiger partial charge in [-0.1, -0.05) is 25.5 Å². The minimum Gasteiger partial charge on any atom is -0.390 e. The second-order valence-electron chi connectivity index (χ2n) is 4.08. The van der Waals surface area contributed by atoms with Crippen LogP contribution in [0.5, 0.6) is 0 Å². The number of hydrogen-bond donors (Lipinski definition) is 1. The van der Waals surface area contributed by atoms with Crippen LogP contribution < -0.4 is 0 Å². The Morgan fingerprint density at radius 3 is 2.72 bits per heavy atom. The van der Waals surface area contributed by atoms with Crippen molar-refractivity contribution >= 4 is 18.0 Å². The molecule has 1 N–H and O–H groups in total. The molecule has 0 bridgehead atoms. The van der Waals surface area contributed by atoms with Crippen LogP contribution in [-0.2, 0) is 4.74 Å². The van der Waals surface area contributed by atoms with Gasteiger partial charge in [0.15, 0.2) is 0 Å². The maximum absolute atomic E-state index is 10.5. The van der Waals surface area contributed by atoms with E-state index < -0.39 is 6.10 Å². The van der Waals surface area contributed by atoms with Gasteiger partial charge in [-0.15, -0.1) is 11.8 Å². The van der Waals surface area contributed by atoms with Crippen LogP contribution in [0, 0.1) is 0 Å². The number of aliphatic hydroxyl groups is 1. The monoisotopic (exact) mass is 268 g/mol. The number of aldehydes is 1. The molecule has 0 saturated carbocycles. The third-order valence-corrected chi connectivity index (χ3v) is 3.57. The first-order valence-corrected chi connectivity index (χ1v) is 7.18. The van der Waals surface area contributed by atoms with Gasteiger partial charge in [0.1, 0.15) is 6.29 Å². The number of rotatable bonds is 9. The van der Waals surface area contributed by atoms with Crippen LogP contribution >= 0.6 is 11.8 Å². The highest BCUT2D eigenvalue weighted by Crippen LogP contribution is 2.19. The molecule has 0 heterocycles. The van der Waals surface area contributed by atoms with Gasteiger partial charge in [-0.05, 0) is 18.6 Å². The van der Waals surface area contributed by atoms with Crippen molar-refractivity contribution in [1.82, 2.24) is 0 Å². The van der Waals surface area contributed by atoms with Gasteiger partial charge in [-0.3, -0.25) is 4.79 Å². The number of benzene rings is 1. The molecule has 100 valence electrons. The molecule has 0 spiro atoms. The topological polar surface area (TPSA) is 46.5 Å². The number of unbranched alkanes of at least 4 members (excludes halogenated alkanes) is 1. The highest BCUT2D eigenvalue weighted by atomic mass is 32.2. The Kier molecular flexibility index (Phi) is 7.73. The summed E-state index contributed by atoms with van der Waals surface area (Å²) >= 11 is 1.57. The summed E-state index contributed by atoms with van der Waals surface area (Å²) in [5.74, 6) is 0.604. The molecule has 18 heavy (non-hydrogen) atoms. The van der Waals surface area contributed by atoms with Crippen LogP contribution in [0.2, 0.25) is 0 Å². The lowest BCUT2D eigenvalue weighted by molar-refractivity contribution is 0.0473. The van der Waals surface area contributed by atoms with E-state index in [2.05, 4.69) is 6.92 Å². The molecule has 3 nitrogen and oxygen atoms in total. The Labute approximate surface area is 113 Å². The van der Waals surface area contributed by atoms with E-state index in [4.69, 9.17) is 4.74 Å². The Hall–Kier alpha value is -0.840. The van der Waals surface area contributed by atoms with Crippen molar-refractivity contribution in [2.45, 2.75) is 30.8 Å². The number of hydrogen-bond acceptors (Lipinski definition) is 4. The third kappa shape index (κ3) is 6.19. The summed E-state index contributed by atoms with van der Waals surface area (Å²) < 4.78 is 5.35. The van der Waals surface area contributed by atoms with E-state index in [1.807, 2.05) is 12.1 Å². The summed E-state index contributed by atoms with van der Waals surface area (Å²) in [5.41, 5.74) is 0.669. The minimum absolute atomic E-state index is 0.388. The lowest BCUT2D eigenvalue weighted by Gasteiger charge is -2.10. The molecule has 1 unspecified atom stereocenters. The molecule has 0 radical (unpaired) electrons. The largest absolute Gasteiger partial charge is 0.390 e. The summed E-state index contributed by atoms with van der Waals surface area (Å²) in [4.78, 5) is 11.5. The van der Waals surface area contributed by atoms with Gasteiger partial charge in [0.05, 0.1) is 12.7 Å². The summed E-state index contributed by atoms with van der Waals surface area (Å²) in [7, 11) is 0. The zero-order valence-corrected chi connectivity index (χ0v) is 11.5. The Bertz CT molecular complexity index is 337. The lowest BCUT2D eigenvalue weighted by atomic mass is 10.2. The number of carbonyl (C=O) groups excluding carboxylic acids is 1. The molecule has 4 heteroatoms. The van der Waals surface area contributed by atoms with Crippen LogP contribution in [0.4, 0.5) is 0 Å². The molecule has 1 aromatic rings. The minimum atomic E-state index is -0.447. The molecular weight excluding hydrogens is 248 g/mol. The Morgan fingerprint density at radius 1 is 1.39 bits per heavy atom. The van der Waals surface area contributed by atoms with Crippen molar-refractivity contribution in [2.24, 2.45) is 0 Å². The number of carbonyl (C=O) groups is 1. The average molecular weight is 268 g/mol. The summed E-state index contributed by atoms with van der Waals surface area (Å²) in [5, 5.41) is 9.71. The van der Waals surface area contributed by atoms with Crippen LogP contribution in [0.25, 0.3) is 0 Å². The van der Waals surface area contributed by atoms with Crippen molar-refractivity contribution in [1.29, 1.82) is 0 Å². The molecule has 0 aliphatic carbocycles. The van der Waals surface area contributed by atoms with Crippen LogP contribution in [0.3, 0.4) is 0 Å². The average Bonchev–Trinajstić information content (AvgIpc) is 2.42. The fraction of sp³-hybridized carbons (Fsp3) is 0.500. The van der Waals surface area contributed by atoms with Gasteiger partial charge in [-0.2, -0.15) is 0 Å². The van der Waals surface area contributed by atoms with Gasteiger partial charge < -0.3 is 9.84 Å². The second kappa shape index (κ2) is 9.14. The summed E-state index contributed by atoms with van der Waals surface area (Å²) in [6.07, 6.45) is 2.52. The Balaban J connectivity index is 2.20. The van der Waals surface area contributed by atoms with Crippen molar-refractivity contribution < 1.29 is 14.6 Å². The zero-order chi connectivity index (χ0) is 13.2. The summed E-state index contributed by atoms with van der Waals surface area (Å²) in [6.45, 7) is 3.21. The molecular formula is C14H20O3S. The fourth-order valence-corrected chi connectivity index (χ4v) is 2.16. The molecule has 1 aromatic carbocycles. The highest BCUT2D eigenvalue weighted by Gasteiger charge is 2.05. The quantitative estimate of drug-likeness (QED) is 0.425. The van der Waals surface area contributed by atoms with Gasteiger partial charge >= 0.3 is 0 Å². The van der Waals surface area contributed by atoms with E-state index in [1.54, 1.807) is 23.9 Å². The van der Waals surface area contributed by atoms with E-state index in [0.717, 1.165) is 24.0 Å². The lowest BCUT2D eigenvalue weighted by Crippen LogP contribution is -2.18. The van der Waals surface area contributed by atoms with E-state index >= 15 is 0 Å². The maximum atomic E-state index is 10.5. The first-order chi connectivity index (χ1) is 8.76. The predicted octanol–water partition coefficient (Wildman–Crippen LogP) is 2.77. The van der Waals surface area contributed by atoms with Crippen molar-refractivity contribution in [3.05, 3.63) is 29.8 Å². The van der Waals surface area contributed by atoms with E-state index in [1.165, 1.54) is 0 Å².